The van der Waals surface area contributed by atoms with Gasteiger partial charge in [0.1, 0.15) is 0 Å². The number of hydrogen-bond donors (Lipinski definition) is 1. The highest BCUT2D eigenvalue weighted by Crippen LogP contribution is 2.22. The van der Waals surface area contributed by atoms with E-state index in [9.17, 15) is 0 Å². The molecule has 0 radical (unpaired) electrons. The lowest BCUT2D eigenvalue weighted by Crippen LogP contribution is -2.21. The van der Waals surface area contributed by atoms with Gasteiger partial charge in [-0.05, 0) is 31.5 Å². The Balaban J connectivity index is 2.01. The highest BCUT2D eigenvalue weighted by atomic mass is 35.5. The maximum atomic E-state index is 5.88. The average molecular weight is 267 g/mol. The highest BCUT2D eigenvalue weighted by molar-refractivity contribution is 7.09. The molecular weight excluding hydrogens is 252 g/mol. The second kappa shape index (κ2) is 5.63. The van der Waals surface area contributed by atoms with Crippen LogP contribution in [0.2, 0.25) is 5.02 Å². The van der Waals surface area contributed by atoms with Crippen LogP contribution in [0.4, 0.5) is 0 Å². The van der Waals surface area contributed by atoms with E-state index in [-0.39, 0.29) is 0 Å². The fourth-order valence-corrected chi connectivity index (χ4v) is 2.51. The maximum Gasteiger partial charge on any atom is 0.0794 e. The van der Waals surface area contributed by atoms with Gasteiger partial charge in [-0.25, -0.2) is 0 Å². The van der Waals surface area contributed by atoms with Crippen molar-refractivity contribution < 1.29 is 0 Å². The first-order valence-corrected chi connectivity index (χ1v) is 6.82. The van der Waals surface area contributed by atoms with Crippen LogP contribution in [0.5, 0.6) is 0 Å². The minimum absolute atomic E-state index is 0.296. The van der Waals surface area contributed by atoms with Crippen LogP contribution in [0.25, 0.3) is 0 Å². The number of nitrogens with zero attached hydrogens (tertiary/aromatic N) is 1. The Morgan fingerprint density at radius 2 is 1.88 bits per heavy atom. The monoisotopic (exact) mass is 266 g/mol. The fourth-order valence-electron chi connectivity index (χ4n) is 1.74. The third-order valence-corrected chi connectivity index (χ3v) is 3.96. The minimum atomic E-state index is 0.296. The molecule has 1 unspecified atom stereocenters. The van der Waals surface area contributed by atoms with Crippen molar-refractivity contribution in [3.8, 4) is 0 Å². The van der Waals surface area contributed by atoms with Gasteiger partial charge in [0, 0.05) is 28.2 Å². The number of nitrogens with one attached hydrogen (secondary N) is 1. The van der Waals surface area contributed by atoms with Crippen molar-refractivity contribution in [2.24, 2.45) is 0 Å². The van der Waals surface area contributed by atoms with E-state index in [4.69, 9.17) is 11.6 Å². The van der Waals surface area contributed by atoms with Crippen LogP contribution in [-0.2, 0) is 0 Å². The Morgan fingerprint density at radius 3 is 2.47 bits per heavy atom. The second-order valence-electron chi connectivity index (χ2n) is 4.07. The van der Waals surface area contributed by atoms with Crippen molar-refractivity contribution >= 4 is 22.9 Å². The minimum Gasteiger partial charge on any atom is -0.303 e. The summed E-state index contributed by atoms with van der Waals surface area (Å²) in [7, 11) is 0. The molecule has 2 rings (SSSR count). The molecule has 0 bridgehead atoms. The zero-order chi connectivity index (χ0) is 12.3. The van der Waals surface area contributed by atoms with Crippen LogP contribution in [0.3, 0.4) is 0 Å². The smallest absolute Gasteiger partial charge is 0.0794 e. The van der Waals surface area contributed by atoms with Gasteiger partial charge in [-0.1, -0.05) is 23.7 Å². The number of rotatable bonds is 4. The van der Waals surface area contributed by atoms with Gasteiger partial charge in [-0.3, -0.25) is 4.98 Å². The largest absolute Gasteiger partial charge is 0.303 e. The first kappa shape index (κ1) is 12.6. The van der Waals surface area contributed by atoms with Crippen LogP contribution in [-0.4, -0.2) is 4.98 Å². The Hall–Kier alpha value is -0.900. The SMILES string of the molecule is CC(N[C@@H](C)c1ccc(Cl)cc1)c1cncs1. The Kier molecular flexibility index (Phi) is 4.15. The lowest BCUT2D eigenvalue weighted by Gasteiger charge is -2.19. The third-order valence-electron chi connectivity index (χ3n) is 2.75. The van der Waals surface area contributed by atoms with E-state index in [1.165, 1.54) is 10.4 Å². The van der Waals surface area contributed by atoms with Gasteiger partial charge in [-0.15, -0.1) is 11.3 Å². The van der Waals surface area contributed by atoms with E-state index in [0.717, 1.165) is 5.02 Å². The molecule has 1 N–H and O–H groups in total. The normalized spacial score (nSPS) is 14.5. The quantitative estimate of drug-likeness (QED) is 0.897. The van der Waals surface area contributed by atoms with E-state index in [0.29, 0.717) is 12.1 Å². The van der Waals surface area contributed by atoms with E-state index in [1.807, 2.05) is 23.8 Å². The topological polar surface area (TPSA) is 24.9 Å². The summed E-state index contributed by atoms with van der Waals surface area (Å²) in [4.78, 5) is 5.35. The predicted molar refractivity (Wildman–Crippen MR) is 73.5 cm³/mol. The molecule has 0 aliphatic carbocycles. The molecule has 0 fully saturated rings. The van der Waals surface area contributed by atoms with Crippen LogP contribution in [0.1, 0.15) is 36.4 Å². The molecule has 1 heterocycles. The van der Waals surface area contributed by atoms with Gasteiger partial charge in [0.05, 0.1) is 5.51 Å². The molecule has 90 valence electrons. The average Bonchev–Trinajstić information content (AvgIpc) is 2.83. The summed E-state index contributed by atoms with van der Waals surface area (Å²) in [6.45, 7) is 4.31. The van der Waals surface area contributed by atoms with Gasteiger partial charge in [0.15, 0.2) is 0 Å². The standard InChI is InChI=1S/C13H15ClN2S/c1-9(11-3-5-12(14)6-4-11)16-10(2)13-7-15-8-17-13/h3-10,16H,1-2H3/t9-,10?/m0/s1. The first-order chi connectivity index (χ1) is 8.16. The van der Waals surface area contributed by atoms with E-state index in [1.54, 1.807) is 11.3 Å². The third kappa shape index (κ3) is 3.28. The molecule has 2 nitrogen and oxygen atoms in total. The molecule has 17 heavy (non-hydrogen) atoms. The molecule has 4 heteroatoms. The lowest BCUT2D eigenvalue weighted by atomic mass is 10.1. The van der Waals surface area contributed by atoms with Crippen molar-refractivity contribution in [3.63, 3.8) is 0 Å². The number of benzene rings is 1. The van der Waals surface area contributed by atoms with E-state index < -0.39 is 0 Å². The van der Waals surface area contributed by atoms with Crippen molar-refractivity contribution in [1.29, 1.82) is 0 Å². The number of aromatic nitrogens is 1. The summed E-state index contributed by atoms with van der Waals surface area (Å²) >= 11 is 7.55. The molecule has 1 aromatic carbocycles. The van der Waals surface area contributed by atoms with Crippen LogP contribution in [0.15, 0.2) is 36.0 Å². The molecule has 2 atom stereocenters. The predicted octanol–water partition coefficient (Wildman–Crippen LogP) is 4.21. The van der Waals surface area contributed by atoms with Crippen LogP contribution >= 0.6 is 22.9 Å². The van der Waals surface area contributed by atoms with Crippen molar-refractivity contribution in [1.82, 2.24) is 10.3 Å². The molecule has 0 spiro atoms. The Labute approximate surface area is 111 Å². The summed E-state index contributed by atoms with van der Waals surface area (Å²) in [6, 6.07) is 8.56. The van der Waals surface area contributed by atoms with Crippen LogP contribution in [0, 0.1) is 0 Å². The van der Waals surface area contributed by atoms with Gasteiger partial charge in [0.2, 0.25) is 0 Å². The molecule has 0 amide bonds. The summed E-state index contributed by atoms with van der Waals surface area (Å²) in [5.41, 5.74) is 3.10. The summed E-state index contributed by atoms with van der Waals surface area (Å²) in [5.74, 6) is 0. The van der Waals surface area contributed by atoms with Gasteiger partial charge in [0.25, 0.3) is 0 Å². The van der Waals surface area contributed by atoms with Gasteiger partial charge in [-0.2, -0.15) is 0 Å². The molecule has 1 aromatic heterocycles. The lowest BCUT2D eigenvalue weighted by molar-refractivity contribution is 0.499. The zero-order valence-corrected chi connectivity index (χ0v) is 11.4. The summed E-state index contributed by atoms with van der Waals surface area (Å²) < 4.78 is 0. The molecule has 0 saturated carbocycles. The fraction of sp³-hybridized carbons (Fsp3) is 0.308. The van der Waals surface area contributed by atoms with E-state index >= 15 is 0 Å². The van der Waals surface area contributed by atoms with Gasteiger partial charge >= 0.3 is 0 Å². The molecular formula is C13H15ClN2S. The molecule has 0 aliphatic rings. The molecule has 2 aromatic rings. The summed E-state index contributed by atoms with van der Waals surface area (Å²) in [5, 5.41) is 4.32. The van der Waals surface area contributed by atoms with Crippen LogP contribution < -0.4 is 5.32 Å². The van der Waals surface area contributed by atoms with E-state index in [2.05, 4.69) is 36.3 Å². The van der Waals surface area contributed by atoms with Crippen molar-refractivity contribution in [2.75, 3.05) is 0 Å². The zero-order valence-electron chi connectivity index (χ0n) is 9.85. The second-order valence-corrected chi connectivity index (χ2v) is 5.42. The van der Waals surface area contributed by atoms with Gasteiger partial charge < -0.3 is 5.32 Å². The molecule has 0 saturated heterocycles. The Morgan fingerprint density at radius 1 is 1.18 bits per heavy atom. The number of hydrogen-bond acceptors (Lipinski definition) is 3. The Bertz CT molecular complexity index is 453. The van der Waals surface area contributed by atoms with Crippen molar-refractivity contribution in [3.05, 3.63) is 51.4 Å². The maximum absolute atomic E-state index is 5.88. The first-order valence-electron chi connectivity index (χ1n) is 5.56. The highest BCUT2D eigenvalue weighted by Gasteiger charge is 2.11. The number of thiazole rings is 1. The summed E-state index contributed by atoms with van der Waals surface area (Å²) in [6.07, 6.45) is 1.91. The number of halogens is 1. The molecule has 0 aliphatic heterocycles. The van der Waals surface area contributed by atoms with Crippen molar-refractivity contribution in [2.45, 2.75) is 25.9 Å².